The Bertz CT molecular complexity index is 955. The van der Waals surface area contributed by atoms with E-state index in [-0.39, 0.29) is 18.5 Å². The van der Waals surface area contributed by atoms with Crippen molar-refractivity contribution < 1.29 is 24.5 Å². The average molecular weight is 905 g/mol. The topological polar surface area (TPSA) is 95.9 Å². The van der Waals surface area contributed by atoms with Crippen molar-refractivity contribution in [3.63, 3.8) is 0 Å². The van der Waals surface area contributed by atoms with Crippen molar-refractivity contribution in [2.24, 2.45) is 0 Å². The number of esters is 1. The van der Waals surface area contributed by atoms with Crippen LogP contribution in [0.25, 0.3) is 0 Å². The van der Waals surface area contributed by atoms with Gasteiger partial charge in [-0.15, -0.1) is 0 Å². The summed E-state index contributed by atoms with van der Waals surface area (Å²) in [7, 11) is 0. The monoisotopic (exact) mass is 904 g/mol. The van der Waals surface area contributed by atoms with Crippen molar-refractivity contribution in [2.45, 2.75) is 334 Å². The first-order chi connectivity index (χ1) is 31.5. The molecule has 0 aromatic rings. The van der Waals surface area contributed by atoms with Crippen molar-refractivity contribution in [1.82, 2.24) is 5.32 Å². The number of carbonyl (C=O) groups excluding carboxylic acids is 2. The van der Waals surface area contributed by atoms with Crippen LogP contribution in [0, 0.1) is 0 Å². The Labute approximate surface area is 399 Å². The molecule has 0 aromatic heterocycles. The SMILES string of the molecule is CCCCCCCCCC/C=C/C(O)C(CO)NC(=O)CCCCCCCCCCCCCCCCCCCCCCCCCOC(=O)CCCCCCCCCCCCCCCC. The van der Waals surface area contributed by atoms with Crippen molar-refractivity contribution in [3.05, 3.63) is 12.2 Å². The molecule has 0 radical (unpaired) electrons. The van der Waals surface area contributed by atoms with Gasteiger partial charge in [-0.05, 0) is 32.1 Å². The zero-order valence-corrected chi connectivity index (χ0v) is 43.3. The number of amides is 1. The number of aliphatic hydroxyl groups excluding tert-OH is 2. The summed E-state index contributed by atoms with van der Waals surface area (Å²) in [5.41, 5.74) is 0. The fraction of sp³-hybridized carbons (Fsp3) is 0.931. The van der Waals surface area contributed by atoms with Crippen molar-refractivity contribution in [1.29, 1.82) is 0 Å². The third kappa shape index (κ3) is 50.0. The summed E-state index contributed by atoms with van der Waals surface area (Å²) in [5, 5.41) is 23.0. The molecule has 0 aliphatic carbocycles. The lowest BCUT2D eigenvalue weighted by molar-refractivity contribution is -0.143. The van der Waals surface area contributed by atoms with E-state index in [0.29, 0.717) is 19.4 Å². The summed E-state index contributed by atoms with van der Waals surface area (Å²) < 4.78 is 5.48. The molecule has 2 unspecified atom stereocenters. The van der Waals surface area contributed by atoms with Gasteiger partial charge >= 0.3 is 5.97 Å². The van der Waals surface area contributed by atoms with Gasteiger partial charge in [-0.25, -0.2) is 0 Å². The number of unbranched alkanes of at least 4 members (excludes halogenated alkanes) is 43. The lowest BCUT2D eigenvalue weighted by atomic mass is 10.0. The maximum absolute atomic E-state index is 12.4. The number of nitrogens with one attached hydrogen (secondary N) is 1. The van der Waals surface area contributed by atoms with E-state index in [0.717, 1.165) is 38.5 Å². The van der Waals surface area contributed by atoms with E-state index in [4.69, 9.17) is 4.74 Å². The van der Waals surface area contributed by atoms with Crippen LogP contribution in [0.2, 0.25) is 0 Å². The summed E-state index contributed by atoms with van der Waals surface area (Å²) in [6.07, 6.45) is 63.9. The van der Waals surface area contributed by atoms with E-state index in [1.165, 1.54) is 257 Å². The molecule has 0 bridgehead atoms. The lowest BCUT2D eigenvalue weighted by Gasteiger charge is -2.20. The lowest BCUT2D eigenvalue weighted by Crippen LogP contribution is -2.45. The molecular weight excluding hydrogens is 791 g/mol. The molecule has 6 nitrogen and oxygen atoms in total. The van der Waals surface area contributed by atoms with E-state index in [9.17, 15) is 19.8 Å². The van der Waals surface area contributed by atoms with Gasteiger partial charge in [0, 0.05) is 12.8 Å². The van der Waals surface area contributed by atoms with Crippen LogP contribution >= 0.6 is 0 Å². The number of carbonyl (C=O) groups is 2. The second-order valence-electron chi connectivity index (χ2n) is 20.0. The normalized spacial score (nSPS) is 12.6. The van der Waals surface area contributed by atoms with Crippen LogP contribution in [0.4, 0.5) is 0 Å². The first-order valence-electron chi connectivity index (χ1n) is 29.0. The van der Waals surface area contributed by atoms with Gasteiger partial charge in [0.2, 0.25) is 5.91 Å². The summed E-state index contributed by atoms with van der Waals surface area (Å²) in [4.78, 5) is 24.4. The van der Waals surface area contributed by atoms with E-state index >= 15 is 0 Å². The first kappa shape index (κ1) is 62.6. The van der Waals surface area contributed by atoms with Gasteiger partial charge in [0.05, 0.1) is 25.4 Å². The van der Waals surface area contributed by atoms with Gasteiger partial charge < -0.3 is 20.3 Å². The van der Waals surface area contributed by atoms with Gasteiger partial charge in [-0.1, -0.05) is 289 Å². The maximum atomic E-state index is 12.4. The first-order valence-corrected chi connectivity index (χ1v) is 29.0. The predicted octanol–water partition coefficient (Wildman–Crippen LogP) is 17.7. The second-order valence-corrected chi connectivity index (χ2v) is 20.0. The summed E-state index contributed by atoms with van der Waals surface area (Å²) in [6.45, 7) is 4.90. The fourth-order valence-electron chi connectivity index (χ4n) is 9.11. The van der Waals surface area contributed by atoms with Crippen LogP contribution in [-0.4, -0.2) is 47.4 Å². The van der Waals surface area contributed by atoms with E-state index in [1.807, 2.05) is 6.08 Å². The Morgan fingerprint density at radius 2 is 0.719 bits per heavy atom. The molecule has 3 N–H and O–H groups in total. The van der Waals surface area contributed by atoms with Gasteiger partial charge in [-0.2, -0.15) is 0 Å². The van der Waals surface area contributed by atoms with Crippen molar-refractivity contribution in [3.8, 4) is 0 Å². The summed E-state index contributed by atoms with van der Waals surface area (Å²) >= 11 is 0. The number of allylic oxidation sites excluding steroid dienone is 1. The van der Waals surface area contributed by atoms with Crippen LogP contribution in [0.15, 0.2) is 12.2 Å². The minimum Gasteiger partial charge on any atom is -0.466 e. The molecule has 0 spiro atoms. The average Bonchev–Trinajstić information content (AvgIpc) is 3.29. The summed E-state index contributed by atoms with van der Waals surface area (Å²) in [6, 6.07) is -0.624. The number of hydrogen-bond donors (Lipinski definition) is 3. The molecule has 380 valence electrons. The highest BCUT2D eigenvalue weighted by molar-refractivity contribution is 5.76. The molecule has 0 aliphatic heterocycles. The van der Waals surface area contributed by atoms with Crippen LogP contribution in [0.3, 0.4) is 0 Å². The highest BCUT2D eigenvalue weighted by atomic mass is 16.5. The Morgan fingerprint density at radius 1 is 0.422 bits per heavy atom. The Morgan fingerprint density at radius 3 is 1.06 bits per heavy atom. The van der Waals surface area contributed by atoms with E-state index < -0.39 is 12.1 Å². The Hall–Kier alpha value is -1.40. The predicted molar refractivity (Wildman–Crippen MR) is 278 cm³/mol. The van der Waals surface area contributed by atoms with Crippen molar-refractivity contribution in [2.75, 3.05) is 13.2 Å². The smallest absolute Gasteiger partial charge is 0.305 e. The quantitative estimate of drug-likeness (QED) is 0.0321. The van der Waals surface area contributed by atoms with Crippen LogP contribution in [-0.2, 0) is 14.3 Å². The molecule has 2 atom stereocenters. The highest BCUT2D eigenvalue weighted by Gasteiger charge is 2.18. The largest absolute Gasteiger partial charge is 0.466 e. The standard InChI is InChI=1S/C58H113NO5/c1-3-5-7-9-11-13-15-16-29-32-36-40-44-48-52-58(63)64-53-49-45-41-37-33-30-27-25-23-21-19-17-18-20-22-24-26-28-31-35-39-43-47-51-57(62)59-55(54-60)56(61)50-46-42-38-34-14-12-10-8-6-4-2/h46,50,55-56,60-61H,3-45,47-49,51-54H2,1-2H3,(H,59,62)/b50-46+. The molecule has 0 saturated carbocycles. The molecule has 0 aliphatic rings. The van der Waals surface area contributed by atoms with Crippen LogP contribution in [0.1, 0.15) is 322 Å². The second kappa shape index (κ2) is 54.2. The zero-order chi connectivity index (χ0) is 46.5. The molecule has 64 heavy (non-hydrogen) atoms. The minimum atomic E-state index is -0.841. The molecule has 0 heterocycles. The molecule has 6 heteroatoms. The molecule has 0 saturated heterocycles. The molecule has 1 amide bonds. The van der Waals surface area contributed by atoms with E-state index in [1.54, 1.807) is 6.08 Å². The molecule has 0 aromatic carbocycles. The molecule has 0 rings (SSSR count). The minimum absolute atomic E-state index is 0.0163. The Balaban J connectivity index is 3.35. The van der Waals surface area contributed by atoms with Gasteiger partial charge in [-0.3, -0.25) is 9.59 Å². The van der Waals surface area contributed by atoms with E-state index in [2.05, 4.69) is 19.2 Å². The maximum Gasteiger partial charge on any atom is 0.305 e. The third-order valence-corrected chi connectivity index (χ3v) is 13.6. The number of hydrogen-bond acceptors (Lipinski definition) is 5. The summed E-state index contributed by atoms with van der Waals surface area (Å²) in [5.74, 6) is -0.0519. The number of rotatable bonds is 54. The number of ether oxygens (including phenoxy) is 1. The fourth-order valence-corrected chi connectivity index (χ4v) is 9.11. The molecular formula is C58H113NO5. The van der Waals surface area contributed by atoms with Crippen LogP contribution < -0.4 is 5.32 Å². The van der Waals surface area contributed by atoms with Gasteiger partial charge in [0.15, 0.2) is 0 Å². The third-order valence-electron chi connectivity index (χ3n) is 13.6. The van der Waals surface area contributed by atoms with Gasteiger partial charge in [0.1, 0.15) is 0 Å². The Kier molecular flexibility index (Phi) is 53.0. The van der Waals surface area contributed by atoms with Crippen LogP contribution in [0.5, 0.6) is 0 Å². The molecule has 0 fully saturated rings. The highest BCUT2D eigenvalue weighted by Crippen LogP contribution is 2.17. The zero-order valence-electron chi connectivity index (χ0n) is 43.3. The number of aliphatic hydroxyl groups is 2. The van der Waals surface area contributed by atoms with Crippen molar-refractivity contribution >= 4 is 11.9 Å². The van der Waals surface area contributed by atoms with Gasteiger partial charge in [0.25, 0.3) is 0 Å².